The van der Waals surface area contributed by atoms with Gasteiger partial charge in [-0.05, 0) is 55.9 Å². The van der Waals surface area contributed by atoms with Crippen LogP contribution in [0.3, 0.4) is 0 Å². The van der Waals surface area contributed by atoms with Crippen LogP contribution in [-0.4, -0.2) is 48.8 Å². The Balaban J connectivity index is 1.98. The highest BCUT2D eigenvalue weighted by Crippen LogP contribution is 2.39. The number of carbonyl (C=O) groups excluding carboxylic acids is 2. The van der Waals surface area contributed by atoms with Crippen LogP contribution in [0.1, 0.15) is 44.2 Å². The second-order valence-corrected chi connectivity index (χ2v) is 9.09. The summed E-state index contributed by atoms with van der Waals surface area (Å²) in [6, 6.07) is 2.66. The second-order valence-electron chi connectivity index (χ2n) is 7.67. The monoisotopic (exact) mass is 457 g/mol. The number of anilines is 1. The molecule has 2 amide bonds. The number of carbonyl (C=O) groups is 2. The Kier molecular flexibility index (Phi) is 7.42. The molecule has 0 aromatic heterocycles. The lowest BCUT2D eigenvalue weighted by Gasteiger charge is -2.27. The van der Waals surface area contributed by atoms with E-state index in [1.165, 1.54) is 18.2 Å². The van der Waals surface area contributed by atoms with Crippen LogP contribution in [-0.2, 0) is 10.7 Å². The fraction of sp³-hybridized carbons (Fsp3) is 0.524. The Bertz CT molecular complexity index is 857. The van der Waals surface area contributed by atoms with E-state index in [-0.39, 0.29) is 15.5 Å². The topological polar surface area (TPSA) is 52.6 Å². The summed E-state index contributed by atoms with van der Waals surface area (Å²) in [6.45, 7) is 7.28. The third-order valence-electron chi connectivity index (χ3n) is 5.26. The Morgan fingerprint density at radius 3 is 2.63 bits per heavy atom. The number of amides is 2. The summed E-state index contributed by atoms with van der Waals surface area (Å²) in [6.07, 6.45) is 4.68. The van der Waals surface area contributed by atoms with Gasteiger partial charge in [-0.25, -0.2) is 8.78 Å². The van der Waals surface area contributed by atoms with Gasteiger partial charge in [-0.15, -0.1) is 0 Å². The van der Waals surface area contributed by atoms with Crippen LogP contribution >= 0.6 is 23.4 Å². The van der Waals surface area contributed by atoms with E-state index in [1.807, 2.05) is 0 Å². The first-order valence-corrected chi connectivity index (χ1v) is 11.3. The van der Waals surface area contributed by atoms with Gasteiger partial charge < -0.3 is 9.80 Å². The minimum absolute atomic E-state index is 0.174. The molecule has 0 saturated carbocycles. The summed E-state index contributed by atoms with van der Waals surface area (Å²) in [5, 5.41) is 1.94. The van der Waals surface area contributed by atoms with Crippen LogP contribution < -0.4 is 10.2 Å². The lowest BCUT2D eigenvalue weighted by Crippen LogP contribution is -2.32. The molecule has 2 aliphatic heterocycles. The number of rotatable bonds is 6. The van der Waals surface area contributed by atoms with E-state index in [0.29, 0.717) is 17.8 Å². The van der Waals surface area contributed by atoms with Gasteiger partial charge >= 0.3 is 0 Å². The number of nitrogens with one attached hydrogen (secondary N) is 1. The predicted molar refractivity (Wildman–Crippen MR) is 118 cm³/mol. The second kappa shape index (κ2) is 9.66. The fourth-order valence-electron chi connectivity index (χ4n) is 3.68. The Morgan fingerprint density at radius 1 is 1.23 bits per heavy atom. The maximum absolute atomic E-state index is 14.0. The van der Waals surface area contributed by atoms with Crippen LogP contribution in [0.4, 0.5) is 19.3 Å². The van der Waals surface area contributed by atoms with Crippen LogP contribution in [0.25, 0.3) is 6.08 Å². The van der Waals surface area contributed by atoms with Gasteiger partial charge in [-0.1, -0.05) is 24.9 Å². The summed E-state index contributed by atoms with van der Waals surface area (Å²) in [5.41, 5.74) is 0.827. The fourth-order valence-corrected chi connectivity index (χ4v) is 4.70. The Hall–Kier alpha value is -1.64. The standard InChI is InChI=1S/C21H26ClF2N3O2S/c1-3-4-6-26-7-5-8-27(10-9-26)18-14(12-17-19(28)25-20(29)30-17)11-15(13-16(18)22)21(2,23)24/h11-13H,3-10H2,1-2H3,(H,25,28,29)/b17-12-. The number of imide groups is 1. The van der Waals surface area contributed by atoms with Crippen LogP contribution in [0.5, 0.6) is 0 Å². The lowest BCUT2D eigenvalue weighted by atomic mass is 10.0. The predicted octanol–water partition coefficient (Wildman–Crippen LogP) is 5.09. The molecule has 2 saturated heterocycles. The van der Waals surface area contributed by atoms with Crippen LogP contribution in [0, 0.1) is 0 Å². The van der Waals surface area contributed by atoms with E-state index in [2.05, 4.69) is 22.0 Å². The van der Waals surface area contributed by atoms with Crippen molar-refractivity contribution >= 4 is 46.3 Å². The minimum Gasteiger partial charge on any atom is -0.369 e. The minimum atomic E-state index is -3.08. The van der Waals surface area contributed by atoms with Crippen molar-refractivity contribution < 1.29 is 18.4 Å². The summed E-state index contributed by atoms with van der Waals surface area (Å²) in [5.74, 6) is -3.60. The zero-order valence-electron chi connectivity index (χ0n) is 17.1. The van der Waals surface area contributed by atoms with Crippen molar-refractivity contribution in [1.82, 2.24) is 10.2 Å². The maximum atomic E-state index is 14.0. The Labute approximate surface area is 184 Å². The molecule has 0 atom stereocenters. The lowest BCUT2D eigenvalue weighted by molar-refractivity contribution is -0.115. The Morgan fingerprint density at radius 2 is 2.00 bits per heavy atom. The van der Waals surface area contributed by atoms with Crippen molar-refractivity contribution in [2.24, 2.45) is 0 Å². The van der Waals surface area contributed by atoms with Gasteiger partial charge in [0.2, 0.25) is 0 Å². The number of thioether (sulfide) groups is 1. The molecule has 30 heavy (non-hydrogen) atoms. The van der Waals surface area contributed by atoms with Gasteiger partial charge in [0.15, 0.2) is 0 Å². The molecule has 1 N–H and O–H groups in total. The molecule has 9 heteroatoms. The smallest absolute Gasteiger partial charge is 0.290 e. The number of unbranched alkanes of at least 4 members (excludes halogenated alkanes) is 1. The van der Waals surface area contributed by atoms with E-state index >= 15 is 0 Å². The van der Waals surface area contributed by atoms with Crippen molar-refractivity contribution in [3.05, 3.63) is 33.2 Å². The normalized spacial score (nSPS) is 20.0. The van der Waals surface area contributed by atoms with Gasteiger partial charge in [0.05, 0.1) is 15.6 Å². The van der Waals surface area contributed by atoms with E-state index in [1.54, 1.807) is 0 Å². The number of alkyl halides is 2. The van der Waals surface area contributed by atoms with E-state index < -0.39 is 17.1 Å². The first-order chi connectivity index (χ1) is 14.2. The van der Waals surface area contributed by atoms with Gasteiger partial charge in [0, 0.05) is 37.7 Å². The number of halogens is 3. The summed E-state index contributed by atoms with van der Waals surface area (Å²) in [7, 11) is 0. The highest BCUT2D eigenvalue weighted by atomic mass is 35.5. The molecule has 164 valence electrons. The zero-order chi connectivity index (χ0) is 21.9. The van der Waals surface area contributed by atoms with Crippen molar-refractivity contribution in [3.63, 3.8) is 0 Å². The van der Waals surface area contributed by atoms with Crippen molar-refractivity contribution in [2.45, 2.75) is 39.0 Å². The maximum Gasteiger partial charge on any atom is 0.290 e. The number of hydrogen-bond acceptors (Lipinski definition) is 5. The zero-order valence-corrected chi connectivity index (χ0v) is 18.7. The molecule has 3 rings (SSSR count). The molecule has 2 fully saturated rings. The molecule has 2 aliphatic rings. The largest absolute Gasteiger partial charge is 0.369 e. The van der Waals surface area contributed by atoms with Crippen molar-refractivity contribution in [3.8, 4) is 0 Å². The van der Waals surface area contributed by atoms with Gasteiger partial charge in [-0.2, -0.15) is 0 Å². The van der Waals surface area contributed by atoms with Crippen molar-refractivity contribution in [2.75, 3.05) is 37.6 Å². The first kappa shape index (κ1) is 23.0. The first-order valence-electron chi connectivity index (χ1n) is 10.1. The van der Waals surface area contributed by atoms with Crippen LogP contribution in [0.2, 0.25) is 5.02 Å². The molecular formula is C21H26ClF2N3O2S. The molecule has 0 unspecified atom stereocenters. The van der Waals surface area contributed by atoms with Crippen LogP contribution in [0.15, 0.2) is 17.0 Å². The average molecular weight is 458 g/mol. The molecule has 1 aromatic rings. The molecule has 0 aliphatic carbocycles. The SMILES string of the molecule is CCCCN1CCCN(c2c(Cl)cc(C(C)(F)F)cc2/C=C2\SC(=O)NC2=O)CC1. The summed E-state index contributed by atoms with van der Waals surface area (Å²) < 4.78 is 28.1. The molecule has 0 radical (unpaired) electrons. The molecule has 0 bridgehead atoms. The average Bonchev–Trinajstić information content (AvgIpc) is 2.85. The third-order valence-corrected chi connectivity index (χ3v) is 6.36. The number of benzene rings is 1. The number of nitrogens with zero attached hydrogens (tertiary/aromatic N) is 2. The summed E-state index contributed by atoms with van der Waals surface area (Å²) in [4.78, 5) is 28.2. The van der Waals surface area contributed by atoms with Crippen molar-refractivity contribution in [1.29, 1.82) is 0 Å². The molecule has 1 aromatic carbocycles. The highest BCUT2D eigenvalue weighted by Gasteiger charge is 2.30. The van der Waals surface area contributed by atoms with E-state index in [0.717, 1.165) is 64.1 Å². The molecular weight excluding hydrogens is 432 g/mol. The van der Waals surface area contributed by atoms with E-state index in [4.69, 9.17) is 11.6 Å². The summed E-state index contributed by atoms with van der Waals surface area (Å²) >= 11 is 7.27. The molecule has 2 heterocycles. The molecule has 0 spiro atoms. The van der Waals surface area contributed by atoms with Gasteiger partial charge in [0.1, 0.15) is 0 Å². The molecule has 5 nitrogen and oxygen atoms in total. The highest BCUT2D eigenvalue weighted by molar-refractivity contribution is 8.18. The van der Waals surface area contributed by atoms with Gasteiger partial charge in [0.25, 0.3) is 17.1 Å². The van der Waals surface area contributed by atoms with Gasteiger partial charge in [-0.3, -0.25) is 14.9 Å². The quantitative estimate of drug-likeness (QED) is 0.603. The number of hydrogen-bond donors (Lipinski definition) is 1. The van der Waals surface area contributed by atoms with E-state index in [9.17, 15) is 18.4 Å². The third kappa shape index (κ3) is 5.53.